The molecule has 1 unspecified atom stereocenters. The molecule has 0 aliphatic heterocycles. The number of unbranched alkanes of at least 4 members (excludes halogenated alkanes) is 11. The van der Waals surface area contributed by atoms with Crippen molar-refractivity contribution in [2.45, 2.75) is 110 Å². The van der Waals surface area contributed by atoms with Crippen molar-refractivity contribution in [2.75, 3.05) is 0 Å². The van der Waals surface area contributed by atoms with Gasteiger partial charge in [-0.15, -0.1) is 6.58 Å². The molecule has 132 valence electrons. The maximum atomic E-state index is 9.89. The normalized spacial score (nSPS) is 11.4. The molecular formula is C20H40O2. The van der Waals surface area contributed by atoms with Crippen LogP contribution in [0.5, 0.6) is 0 Å². The Labute approximate surface area is 139 Å². The summed E-state index contributed by atoms with van der Waals surface area (Å²) in [5, 5.41) is 9.14. The lowest BCUT2D eigenvalue weighted by molar-refractivity contribution is -0.107. The quantitative estimate of drug-likeness (QED) is 0.221. The highest BCUT2D eigenvalue weighted by atomic mass is 16.3. The van der Waals surface area contributed by atoms with Gasteiger partial charge in [0.2, 0.25) is 0 Å². The lowest BCUT2D eigenvalue weighted by Crippen LogP contribution is -2.00. The highest BCUT2D eigenvalue weighted by Crippen LogP contribution is 2.08. The molecule has 0 spiro atoms. The summed E-state index contributed by atoms with van der Waals surface area (Å²) in [5.74, 6) is 0. The van der Waals surface area contributed by atoms with Gasteiger partial charge in [0.25, 0.3) is 0 Å². The molecule has 0 amide bonds. The topological polar surface area (TPSA) is 37.3 Å². The Balaban J connectivity index is 0. The number of hydrogen-bond acceptors (Lipinski definition) is 2. The van der Waals surface area contributed by atoms with Gasteiger partial charge in [-0.2, -0.15) is 0 Å². The first-order chi connectivity index (χ1) is 10.7. The number of aliphatic hydroxyl groups excluding tert-OH is 1. The minimum absolute atomic E-state index is 0.281. The number of carbonyl (C=O) groups is 1. The Kier molecular flexibility index (Phi) is 24.3. The van der Waals surface area contributed by atoms with Crippen LogP contribution in [0.3, 0.4) is 0 Å². The first kappa shape index (κ1) is 23.6. The van der Waals surface area contributed by atoms with Gasteiger partial charge in [0, 0.05) is 6.42 Å². The summed E-state index contributed by atoms with van der Waals surface area (Å²) in [4.78, 5) is 9.89. The van der Waals surface area contributed by atoms with E-state index >= 15 is 0 Å². The van der Waals surface area contributed by atoms with Gasteiger partial charge >= 0.3 is 0 Å². The zero-order valence-corrected chi connectivity index (χ0v) is 15.2. The fourth-order valence-corrected chi connectivity index (χ4v) is 2.26. The van der Waals surface area contributed by atoms with E-state index in [9.17, 15) is 4.79 Å². The van der Waals surface area contributed by atoms with Crippen molar-refractivity contribution in [3.05, 3.63) is 12.7 Å². The van der Waals surface area contributed by atoms with E-state index in [2.05, 4.69) is 20.4 Å². The molecule has 0 rings (SSSR count). The molecule has 0 saturated carbocycles. The fraction of sp³-hybridized carbons (Fsp3) is 0.850. The van der Waals surface area contributed by atoms with Gasteiger partial charge in [-0.25, -0.2) is 0 Å². The maximum Gasteiger partial charge on any atom is 0.119 e. The van der Waals surface area contributed by atoms with Crippen LogP contribution >= 0.6 is 0 Å². The van der Waals surface area contributed by atoms with Gasteiger partial charge in [0.15, 0.2) is 0 Å². The minimum Gasteiger partial charge on any atom is -0.389 e. The van der Waals surface area contributed by atoms with Crippen molar-refractivity contribution in [3.8, 4) is 0 Å². The highest BCUT2D eigenvalue weighted by Gasteiger charge is 1.96. The predicted molar refractivity (Wildman–Crippen MR) is 98.3 cm³/mol. The van der Waals surface area contributed by atoms with Gasteiger partial charge in [0.1, 0.15) is 6.29 Å². The van der Waals surface area contributed by atoms with E-state index in [0.717, 1.165) is 32.0 Å². The van der Waals surface area contributed by atoms with Crippen molar-refractivity contribution >= 4 is 6.29 Å². The molecule has 0 aromatic heterocycles. The molecule has 1 N–H and O–H groups in total. The molecule has 1 atom stereocenters. The Bertz CT molecular complexity index is 214. The van der Waals surface area contributed by atoms with Gasteiger partial charge in [0.05, 0.1) is 6.10 Å². The Hall–Kier alpha value is -0.630. The molecule has 2 nitrogen and oxygen atoms in total. The predicted octanol–water partition coefficient (Wildman–Crippen LogP) is 6.22. The van der Waals surface area contributed by atoms with E-state index in [1.54, 1.807) is 6.08 Å². The number of aldehydes is 1. The average molecular weight is 313 g/mol. The van der Waals surface area contributed by atoms with Crippen LogP contribution in [0.2, 0.25) is 0 Å². The van der Waals surface area contributed by atoms with Crippen LogP contribution in [-0.4, -0.2) is 17.5 Å². The highest BCUT2D eigenvalue weighted by molar-refractivity contribution is 5.48. The molecule has 22 heavy (non-hydrogen) atoms. The average Bonchev–Trinajstić information content (AvgIpc) is 2.54. The number of hydrogen-bond donors (Lipinski definition) is 1. The zero-order valence-electron chi connectivity index (χ0n) is 15.2. The second-order valence-electron chi connectivity index (χ2n) is 6.08. The van der Waals surface area contributed by atoms with Crippen LogP contribution in [0.15, 0.2) is 12.7 Å². The molecule has 2 heteroatoms. The van der Waals surface area contributed by atoms with E-state index in [0.29, 0.717) is 0 Å². The standard InChI is InChI=1S/C11H22O.C9H18O/c1-3-5-6-7-8-9-10-11(12)4-2;1-2-3-4-5-6-7-8-9-10/h4,11-12H,2-3,5-10H2,1H3;9H,2-8H2,1H3. The summed E-state index contributed by atoms with van der Waals surface area (Å²) in [6, 6.07) is 0. The summed E-state index contributed by atoms with van der Waals surface area (Å²) >= 11 is 0. The zero-order chi connectivity index (χ0) is 16.9. The van der Waals surface area contributed by atoms with Crippen molar-refractivity contribution < 1.29 is 9.90 Å². The number of carbonyl (C=O) groups excluding carboxylic acids is 1. The third-order valence-electron chi connectivity index (χ3n) is 3.80. The lowest BCUT2D eigenvalue weighted by atomic mass is 10.1. The van der Waals surface area contributed by atoms with Gasteiger partial charge in [-0.05, 0) is 12.8 Å². The van der Waals surface area contributed by atoms with E-state index in [1.165, 1.54) is 64.2 Å². The third-order valence-corrected chi connectivity index (χ3v) is 3.80. The fourth-order valence-electron chi connectivity index (χ4n) is 2.26. The second-order valence-corrected chi connectivity index (χ2v) is 6.08. The first-order valence-corrected chi connectivity index (χ1v) is 9.47. The van der Waals surface area contributed by atoms with Gasteiger partial charge < -0.3 is 9.90 Å². The van der Waals surface area contributed by atoms with Crippen LogP contribution in [0.25, 0.3) is 0 Å². The molecule has 0 aliphatic rings. The first-order valence-electron chi connectivity index (χ1n) is 9.47. The summed E-state index contributed by atoms with van der Waals surface area (Å²) in [5.41, 5.74) is 0. The summed E-state index contributed by atoms with van der Waals surface area (Å²) in [6.07, 6.45) is 19.3. The molecule has 0 aromatic rings. The van der Waals surface area contributed by atoms with E-state index < -0.39 is 0 Å². The van der Waals surface area contributed by atoms with Crippen LogP contribution in [0.4, 0.5) is 0 Å². The smallest absolute Gasteiger partial charge is 0.119 e. The van der Waals surface area contributed by atoms with Crippen molar-refractivity contribution in [1.29, 1.82) is 0 Å². The molecular weight excluding hydrogens is 272 g/mol. The van der Waals surface area contributed by atoms with Crippen LogP contribution in [0, 0.1) is 0 Å². The minimum atomic E-state index is -0.281. The van der Waals surface area contributed by atoms with Crippen molar-refractivity contribution in [3.63, 3.8) is 0 Å². The van der Waals surface area contributed by atoms with Crippen molar-refractivity contribution in [2.24, 2.45) is 0 Å². The molecule has 0 aliphatic carbocycles. The van der Waals surface area contributed by atoms with Crippen LogP contribution in [0.1, 0.15) is 104 Å². The SMILES string of the molecule is C=CC(O)CCCCCCCC.CCCCCCCCC=O. The summed E-state index contributed by atoms with van der Waals surface area (Å²) < 4.78 is 0. The molecule has 0 aromatic carbocycles. The molecule has 0 heterocycles. The Morgan fingerprint density at radius 1 is 0.818 bits per heavy atom. The third kappa shape index (κ3) is 24.4. The molecule has 0 radical (unpaired) electrons. The van der Waals surface area contributed by atoms with Gasteiger partial charge in [-0.3, -0.25) is 0 Å². The molecule has 0 bridgehead atoms. The monoisotopic (exact) mass is 312 g/mol. The van der Waals surface area contributed by atoms with Crippen LogP contribution < -0.4 is 0 Å². The van der Waals surface area contributed by atoms with Gasteiger partial charge in [-0.1, -0.05) is 90.6 Å². The summed E-state index contributed by atoms with van der Waals surface area (Å²) in [6.45, 7) is 7.98. The number of aliphatic hydroxyl groups is 1. The summed E-state index contributed by atoms with van der Waals surface area (Å²) in [7, 11) is 0. The largest absolute Gasteiger partial charge is 0.389 e. The van der Waals surface area contributed by atoms with Crippen molar-refractivity contribution in [1.82, 2.24) is 0 Å². The van der Waals surface area contributed by atoms with E-state index in [-0.39, 0.29) is 6.10 Å². The van der Waals surface area contributed by atoms with Crippen LogP contribution in [-0.2, 0) is 4.79 Å². The Morgan fingerprint density at radius 2 is 1.27 bits per heavy atom. The molecule has 0 fully saturated rings. The molecule has 0 saturated heterocycles. The maximum absolute atomic E-state index is 9.89. The number of rotatable bonds is 15. The Morgan fingerprint density at radius 3 is 1.73 bits per heavy atom. The lowest BCUT2D eigenvalue weighted by Gasteiger charge is -2.03. The van der Waals surface area contributed by atoms with E-state index in [4.69, 9.17) is 5.11 Å². The second kappa shape index (κ2) is 22.6. The van der Waals surface area contributed by atoms with E-state index in [1.807, 2.05) is 0 Å².